The smallest absolute Gasteiger partial charge is 0.243 e. The van der Waals surface area contributed by atoms with Crippen LogP contribution < -0.4 is 10.8 Å². The number of nitrogens with one attached hydrogen (secondary N) is 2. The molecule has 4 N–H and O–H groups in total. The van der Waals surface area contributed by atoms with Crippen molar-refractivity contribution < 1.29 is 29.4 Å². The fourth-order valence-electron chi connectivity index (χ4n) is 5.07. The van der Waals surface area contributed by atoms with E-state index in [9.17, 15) is 14.7 Å². The molecule has 10 nitrogen and oxygen atoms in total. The topological polar surface area (TPSA) is 133 Å². The number of nitrogens with zero attached hydrogens (tertiary/aromatic N) is 2. The Bertz CT molecular complexity index is 1270. The van der Waals surface area contributed by atoms with E-state index in [4.69, 9.17) is 14.7 Å². The van der Waals surface area contributed by atoms with Crippen LogP contribution >= 0.6 is 0 Å². The number of hydroxylamine groups is 1. The zero-order valence-corrected chi connectivity index (χ0v) is 24.7. The van der Waals surface area contributed by atoms with E-state index in [-0.39, 0.29) is 31.1 Å². The SMILES string of the molecule is CN(CCc1ccccn1)C[C@@H]1C[C@H](c2ccc(CO)cc2)O[C@H](c2ccc(NC(=O)CCCCCC(=O)NO)cc2)O1. The van der Waals surface area contributed by atoms with Crippen LogP contribution in [0.25, 0.3) is 0 Å². The Morgan fingerprint density at radius 3 is 2.33 bits per heavy atom. The van der Waals surface area contributed by atoms with Gasteiger partial charge in [0.2, 0.25) is 11.8 Å². The number of aliphatic hydroxyl groups excluding tert-OH is 1. The highest BCUT2D eigenvalue weighted by Crippen LogP contribution is 2.38. The van der Waals surface area contributed by atoms with Crippen LogP contribution in [0.1, 0.15) is 73.3 Å². The molecule has 0 unspecified atom stereocenters. The Morgan fingerprint density at radius 1 is 0.930 bits per heavy atom. The second-order valence-corrected chi connectivity index (χ2v) is 10.9. The molecule has 0 aliphatic carbocycles. The van der Waals surface area contributed by atoms with Crippen molar-refractivity contribution in [1.82, 2.24) is 15.4 Å². The number of benzene rings is 2. The number of carbonyl (C=O) groups excluding carboxylic acids is 2. The summed E-state index contributed by atoms with van der Waals surface area (Å²) >= 11 is 0. The number of hydrogen-bond acceptors (Lipinski definition) is 8. The quantitative estimate of drug-likeness (QED) is 0.114. The van der Waals surface area contributed by atoms with Gasteiger partial charge in [-0.1, -0.05) is 48.9 Å². The highest BCUT2D eigenvalue weighted by atomic mass is 16.7. The summed E-state index contributed by atoms with van der Waals surface area (Å²) in [6.45, 7) is 1.58. The monoisotopic (exact) mass is 590 g/mol. The van der Waals surface area contributed by atoms with Crippen LogP contribution in [0.15, 0.2) is 72.9 Å². The molecule has 230 valence electrons. The Labute approximate surface area is 253 Å². The lowest BCUT2D eigenvalue weighted by Gasteiger charge is -2.38. The molecule has 2 heterocycles. The molecule has 3 atom stereocenters. The lowest BCUT2D eigenvalue weighted by molar-refractivity contribution is -0.252. The molecule has 1 aromatic heterocycles. The lowest BCUT2D eigenvalue weighted by atomic mass is 9.99. The number of ether oxygens (including phenoxy) is 2. The van der Waals surface area contributed by atoms with Crippen LogP contribution in [0.4, 0.5) is 5.69 Å². The third kappa shape index (κ3) is 10.5. The fraction of sp³-hybridized carbons (Fsp3) is 0.424. The van der Waals surface area contributed by atoms with E-state index in [0.717, 1.165) is 48.3 Å². The third-order valence-electron chi connectivity index (χ3n) is 7.51. The number of likely N-dealkylation sites (N-methyl/N-ethyl adjacent to an activating group) is 1. The maximum absolute atomic E-state index is 12.4. The largest absolute Gasteiger partial charge is 0.392 e. The molecule has 2 amide bonds. The first-order valence-corrected chi connectivity index (χ1v) is 14.9. The highest BCUT2D eigenvalue weighted by molar-refractivity contribution is 5.90. The number of unbranched alkanes of at least 4 members (excludes halogenated alkanes) is 2. The fourth-order valence-corrected chi connectivity index (χ4v) is 5.07. The van der Waals surface area contributed by atoms with E-state index < -0.39 is 12.2 Å². The summed E-state index contributed by atoms with van der Waals surface area (Å²) < 4.78 is 12.9. The minimum atomic E-state index is -0.577. The molecule has 0 saturated carbocycles. The van der Waals surface area contributed by atoms with Crippen molar-refractivity contribution in [2.75, 3.05) is 25.5 Å². The number of aromatic nitrogens is 1. The van der Waals surface area contributed by atoms with Crippen molar-refractivity contribution in [2.45, 2.75) is 70.1 Å². The number of anilines is 1. The van der Waals surface area contributed by atoms with E-state index >= 15 is 0 Å². The molecule has 4 rings (SSSR count). The van der Waals surface area contributed by atoms with Crippen molar-refractivity contribution in [3.05, 3.63) is 95.3 Å². The van der Waals surface area contributed by atoms with Crippen LogP contribution in [0.3, 0.4) is 0 Å². The van der Waals surface area contributed by atoms with E-state index in [1.165, 1.54) is 0 Å². The predicted molar refractivity (Wildman–Crippen MR) is 162 cm³/mol. The van der Waals surface area contributed by atoms with Crippen molar-refractivity contribution >= 4 is 17.5 Å². The summed E-state index contributed by atoms with van der Waals surface area (Å²) in [5.41, 5.74) is 6.10. The zero-order chi connectivity index (χ0) is 30.4. The Hall–Kier alpha value is -3.67. The van der Waals surface area contributed by atoms with E-state index in [1.54, 1.807) is 5.48 Å². The first-order chi connectivity index (χ1) is 20.9. The number of carbonyl (C=O) groups is 2. The van der Waals surface area contributed by atoms with Crippen LogP contribution in [-0.4, -0.2) is 58.3 Å². The van der Waals surface area contributed by atoms with Gasteiger partial charge in [0, 0.05) is 61.9 Å². The van der Waals surface area contributed by atoms with Gasteiger partial charge in [0.05, 0.1) is 18.8 Å². The summed E-state index contributed by atoms with van der Waals surface area (Å²) in [5, 5.41) is 20.9. The third-order valence-corrected chi connectivity index (χ3v) is 7.51. The molecular formula is C33H42N4O6. The Morgan fingerprint density at radius 2 is 1.65 bits per heavy atom. The molecule has 1 saturated heterocycles. The number of amides is 2. The van der Waals surface area contributed by atoms with Gasteiger partial charge in [-0.15, -0.1) is 0 Å². The molecule has 43 heavy (non-hydrogen) atoms. The second-order valence-electron chi connectivity index (χ2n) is 10.9. The minimum absolute atomic E-state index is 0.00648. The van der Waals surface area contributed by atoms with Gasteiger partial charge in [-0.2, -0.15) is 0 Å². The lowest BCUT2D eigenvalue weighted by Crippen LogP contribution is -2.38. The molecule has 0 spiro atoms. The highest BCUT2D eigenvalue weighted by Gasteiger charge is 2.32. The maximum Gasteiger partial charge on any atom is 0.243 e. The summed E-state index contributed by atoms with van der Waals surface area (Å²) in [6.07, 6.45) is 5.12. The molecule has 3 aromatic rings. The second kappa shape index (κ2) is 16.8. The molecule has 1 fully saturated rings. The first kappa shape index (κ1) is 32.2. The predicted octanol–water partition coefficient (Wildman–Crippen LogP) is 4.69. The molecular weight excluding hydrogens is 548 g/mol. The van der Waals surface area contributed by atoms with Gasteiger partial charge in [-0.3, -0.25) is 19.8 Å². The molecule has 10 heteroatoms. The summed E-state index contributed by atoms with van der Waals surface area (Å²) in [5.74, 6) is -0.509. The van der Waals surface area contributed by atoms with Gasteiger partial charge >= 0.3 is 0 Å². The van der Waals surface area contributed by atoms with Crippen LogP contribution in [0.5, 0.6) is 0 Å². The van der Waals surface area contributed by atoms with Gasteiger partial charge in [-0.25, -0.2) is 5.48 Å². The standard InChI is InChI=1S/C33H42N4O6/c1-37(20-18-27-7-5-6-19-34-27)22-29-21-30(25-12-10-24(23-38)11-13-25)43-33(42-29)26-14-16-28(17-15-26)35-31(39)8-3-2-4-9-32(40)36-41/h5-7,10-17,19,29-30,33,38,41H,2-4,8-9,18,20-23H2,1H3,(H,35,39)(H,36,40)/t29-,30+,33+/m0/s1. The molecule has 1 aliphatic rings. The van der Waals surface area contributed by atoms with Crippen LogP contribution in [0, 0.1) is 0 Å². The summed E-state index contributed by atoms with van der Waals surface area (Å²) in [4.78, 5) is 30.1. The van der Waals surface area contributed by atoms with Gasteiger partial charge in [0.15, 0.2) is 6.29 Å². The summed E-state index contributed by atoms with van der Waals surface area (Å²) in [7, 11) is 2.09. The van der Waals surface area contributed by atoms with E-state index in [2.05, 4.69) is 22.2 Å². The van der Waals surface area contributed by atoms with E-state index in [1.807, 2.05) is 72.9 Å². The van der Waals surface area contributed by atoms with Crippen LogP contribution in [-0.2, 0) is 32.1 Å². The average Bonchev–Trinajstić information content (AvgIpc) is 3.04. The van der Waals surface area contributed by atoms with Crippen LogP contribution in [0.2, 0.25) is 0 Å². The molecule has 0 radical (unpaired) electrons. The van der Waals surface area contributed by atoms with E-state index in [0.29, 0.717) is 31.4 Å². The average molecular weight is 591 g/mol. The van der Waals surface area contributed by atoms with Crippen molar-refractivity contribution in [1.29, 1.82) is 0 Å². The van der Waals surface area contributed by atoms with Gasteiger partial charge in [0.1, 0.15) is 0 Å². The van der Waals surface area contributed by atoms with Crippen molar-refractivity contribution in [3.8, 4) is 0 Å². The molecule has 2 aromatic carbocycles. The number of pyridine rings is 1. The maximum atomic E-state index is 12.4. The van der Waals surface area contributed by atoms with Gasteiger partial charge in [-0.05, 0) is 55.3 Å². The molecule has 0 bridgehead atoms. The Balaban J connectivity index is 1.35. The minimum Gasteiger partial charge on any atom is -0.392 e. The first-order valence-electron chi connectivity index (χ1n) is 14.9. The number of aliphatic hydroxyl groups is 1. The Kier molecular flexibility index (Phi) is 12.6. The van der Waals surface area contributed by atoms with Gasteiger partial charge < -0.3 is 24.8 Å². The number of hydrogen-bond donors (Lipinski definition) is 4. The normalized spacial score (nSPS) is 18.4. The van der Waals surface area contributed by atoms with Crippen molar-refractivity contribution in [3.63, 3.8) is 0 Å². The zero-order valence-electron chi connectivity index (χ0n) is 24.7. The number of rotatable bonds is 15. The molecule has 1 aliphatic heterocycles. The van der Waals surface area contributed by atoms with Gasteiger partial charge in [0.25, 0.3) is 0 Å². The summed E-state index contributed by atoms with van der Waals surface area (Å²) in [6, 6.07) is 21.3. The van der Waals surface area contributed by atoms with Crippen molar-refractivity contribution in [2.24, 2.45) is 0 Å².